The largest absolute Gasteiger partial charge is 0.493 e. The summed E-state index contributed by atoms with van der Waals surface area (Å²) < 4.78 is 5.59. The molecule has 3 N–H and O–H groups in total. The Bertz CT molecular complexity index is 589. The van der Waals surface area contributed by atoms with E-state index in [2.05, 4.69) is 0 Å². The van der Waals surface area contributed by atoms with Gasteiger partial charge in [0, 0.05) is 23.0 Å². The normalized spacial score (nSPS) is 13.7. The van der Waals surface area contributed by atoms with E-state index >= 15 is 0 Å². The van der Waals surface area contributed by atoms with Crippen LogP contribution >= 0.6 is 11.6 Å². The molecular weight excluding hydrogens is 286 g/mol. The lowest BCUT2D eigenvalue weighted by molar-refractivity contribution is 0.142. The fourth-order valence-electron chi connectivity index (χ4n) is 2.41. The first kappa shape index (κ1) is 15.8. The van der Waals surface area contributed by atoms with E-state index in [9.17, 15) is 5.11 Å². The SMILES string of the molecule is CCOc1ccccc1C(O)C(CN)c1cccc(Cl)c1. The second-order valence-electron chi connectivity index (χ2n) is 4.81. The molecule has 2 aromatic carbocycles. The molecule has 2 atom stereocenters. The van der Waals surface area contributed by atoms with Gasteiger partial charge in [-0.3, -0.25) is 0 Å². The van der Waals surface area contributed by atoms with Crippen LogP contribution in [0.25, 0.3) is 0 Å². The Labute approximate surface area is 130 Å². The van der Waals surface area contributed by atoms with Crippen LogP contribution in [0, 0.1) is 0 Å². The quantitative estimate of drug-likeness (QED) is 0.858. The van der Waals surface area contributed by atoms with Crippen molar-refractivity contribution < 1.29 is 9.84 Å². The van der Waals surface area contributed by atoms with Crippen LogP contribution in [-0.4, -0.2) is 18.3 Å². The Morgan fingerprint density at radius 2 is 1.95 bits per heavy atom. The van der Waals surface area contributed by atoms with Gasteiger partial charge in [0.1, 0.15) is 5.75 Å². The van der Waals surface area contributed by atoms with Gasteiger partial charge in [-0.1, -0.05) is 41.9 Å². The molecule has 0 aliphatic heterocycles. The summed E-state index contributed by atoms with van der Waals surface area (Å²) in [6, 6.07) is 14.9. The molecule has 4 heteroatoms. The Kier molecular flexibility index (Phi) is 5.62. The first-order valence-electron chi connectivity index (χ1n) is 7.02. The smallest absolute Gasteiger partial charge is 0.125 e. The Balaban J connectivity index is 2.34. The van der Waals surface area contributed by atoms with Gasteiger partial charge in [0.2, 0.25) is 0 Å². The molecule has 3 nitrogen and oxygen atoms in total. The molecule has 2 aromatic rings. The molecule has 0 saturated carbocycles. The highest BCUT2D eigenvalue weighted by atomic mass is 35.5. The predicted octanol–water partition coefficient (Wildman–Crippen LogP) is 3.51. The van der Waals surface area contributed by atoms with E-state index in [4.69, 9.17) is 22.1 Å². The minimum atomic E-state index is -0.740. The van der Waals surface area contributed by atoms with Gasteiger partial charge in [-0.15, -0.1) is 0 Å². The Hall–Kier alpha value is -1.55. The van der Waals surface area contributed by atoms with E-state index in [0.29, 0.717) is 23.9 Å². The fraction of sp³-hybridized carbons (Fsp3) is 0.294. The van der Waals surface area contributed by atoms with Crippen molar-refractivity contribution in [2.75, 3.05) is 13.2 Å². The van der Waals surface area contributed by atoms with Crippen LogP contribution in [0.2, 0.25) is 5.02 Å². The first-order valence-corrected chi connectivity index (χ1v) is 7.40. The minimum absolute atomic E-state index is 0.231. The lowest BCUT2D eigenvalue weighted by atomic mass is 9.89. The van der Waals surface area contributed by atoms with E-state index in [-0.39, 0.29) is 5.92 Å². The maximum Gasteiger partial charge on any atom is 0.125 e. The molecule has 0 saturated heterocycles. The van der Waals surface area contributed by atoms with Crippen LogP contribution in [0.5, 0.6) is 5.75 Å². The first-order chi connectivity index (χ1) is 10.2. The van der Waals surface area contributed by atoms with Gasteiger partial charge in [-0.25, -0.2) is 0 Å². The highest BCUT2D eigenvalue weighted by Crippen LogP contribution is 2.35. The van der Waals surface area contributed by atoms with E-state index < -0.39 is 6.10 Å². The predicted molar refractivity (Wildman–Crippen MR) is 85.8 cm³/mol. The van der Waals surface area contributed by atoms with Crippen LogP contribution in [0.3, 0.4) is 0 Å². The molecule has 112 valence electrons. The molecule has 0 fully saturated rings. The molecule has 0 aromatic heterocycles. The van der Waals surface area contributed by atoms with Gasteiger partial charge in [-0.05, 0) is 30.7 Å². The third-order valence-corrected chi connectivity index (χ3v) is 3.68. The maximum absolute atomic E-state index is 10.7. The molecule has 0 bridgehead atoms. The van der Waals surface area contributed by atoms with Gasteiger partial charge in [0.15, 0.2) is 0 Å². The highest BCUT2D eigenvalue weighted by Gasteiger charge is 2.24. The van der Waals surface area contributed by atoms with Crippen LogP contribution in [0.1, 0.15) is 30.1 Å². The summed E-state index contributed by atoms with van der Waals surface area (Å²) in [4.78, 5) is 0. The minimum Gasteiger partial charge on any atom is -0.493 e. The zero-order chi connectivity index (χ0) is 15.2. The average molecular weight is 306 g/mol. The monoisotopic (exact) mass is 305 g/mol. The summed E-state index contributed by atoms with van der Waals surface area (Å²) in [5.41, 5.74) is 7.54. The van der Waals surface area contributed by atoms with E-state index in [1.807, 2.05) is 49.4 Å². The number of aliphatic hydroxyl groups is 1. The van der Waals surface area contributed by atoms with Crippen molar-refractivity contribution in [2.45, 2.75) is 18.9 Å². The number of nitrogens with two attached hydrogens (primary N) is 1. The van der Waals surface area contributed by atoms with E-state index in [0.717, 1.165) is 11.1 Å². The molecule has 2 unspecified atom stereocenters. The van der Waals surface area contributed by atoms with Crippen molar-refractivity contribution in [3.05, 3.63) is 64.7 Å². The van der Waals surface area contributed by atoms with E-state index in [1.54, 1.807) is 6.07 Å². The van der Waals surface area contributed by atoms with Gasteiger partial charge in [0.25, 0.3) is 0 Å². The van der Waals surface area contributed by atoms with Crippen LogP contribution in [0.4, 0.5) is 0 Å². The van der Waals surface area contributed by atoms with Gasteiger partial charge < -0.3 is 15.6 Å². The van der Waals surface area contributed by atoms with Crippen molar-refractivity contribution in [3.63, 3.8) is 0 Å². The number of benzene rings is 2. The standard InChI is InChI=1S/C17H20ClNO2/c1-2-21-16-9-4-3-8-14(16)17(20)15(11-19)12-6-5-7-13(18)10-12/h3-10,15,17,20H,2,11,19H2,1H3. The zero-order valence-corrected chi connectivity index (χ0v) is 12.8. The number of rotatable bonds is 6. The fourth-order valence-corrected chi connectivity index (χ4v) is 2.61. The second-order valence-corrected chi connectivity index (χ2v) is 5.25. The number of ether oxygens (including phenoxy) is 1. The van der Waals surface area contributed by atoms with Crippen molar-refractivity contribution in [1.29, 1.82) is 0 Å². The maximum atomic E-state index is 10.7. The average Bonchev–Trinajstić information content (AvgIpc) is 2.49. The molecule has 0 spiro atoms. The summed E-state index contributed by atoms with van der Waals surface area (Å²) in [7, 11) is 0. The van der Waals surface area contributed by atoms with Crippen LogP contribution < -0.4 is 10.5 Å². The second kappa shape index (κ2) is 7.46. The Morgan fingerprint density at radius 3 is 2.62 bits per heavy atom. The molecule has 0 amide bonds. The molecule has 21 heavy (non-hydrogen) atoms. The molecular formula is C17H20ClNO2. The van der Waals surface area contributed by atoms with Gasteiger partial charge >= 0.3 is 0 Å². The van der Waals surface area contributed by atoms with Gasteiger partial charge in [-0.2, -0.15) is 0 Å². The van der Waals surface area contributed by atoms with Crippen molar-refractivity contribution in [2.24, 2.45) is 5.73 Å². The number of para-hydroxylation sites is 1. The summed E-state index contributed by atoms with van der Waals surface area (Å²) >= 11 is 6.03. The highest BCUT2D eigenvalue weighted by molar-refractivity contribution is 6.30. The third kappa shape index (κ3) is 3.76. The molecule has 0 heterocycles. The topological polar surface area (TPSA) is 55.5 Å². The number of halogens is 1. The lowest BCUT2D eigenvalue weighted by Gasteiger charge is -2.24. The summed E-state index contributed by atoms with van der Waals surface area (Å²) in [5, 5.41) is 11.4. The Morgan fingerprint density at radius 1 is 1.19 bits per heavy atom. The van der Waals surface area contributed by atoms with E-state index in [1.165, 1.54) is 0 Å². The van der Waals surface area contributed by atoms with Crippen LogP contribution in [0.15, 0.2) is 48.5 Å². The number of hydrogen-bond acceptors (Lipinski definition) is 3. The molecule has 0 aliphatic carbocycles. The number of aliphatic hydroxyl groups excluding tert-OH is 1. The summed E-state index contributed by atoms with van der Waals surface area (Å²) in [5.74, 6) is 0.457. The molecule has 0 radical (unpaired) electrons. The zero-order valence-electron chi connectivity index (χ0n) is 12.0. The number of hydrogen-bond donors (Lipinski definition) is 2. The van der Waals surface area contributed by atoms with Gasteiger partial charge in [0.05, 0.1) is 12.7 Å². The summed E-state index contributed by atoms with van der Waals surface area (Å²) in [6.45, 7) is 2.79. The molecule has 0 aliphatic rings. The van der Waals surface area contributed by atoms with Crippen LogP contribution in [-0.2, 0) is 0 Å². The van der Waals surface area contributed by atoms with Crippen molar-refractivity contribution >= 4 is 11.6 Å². The van der Waals surface area contributed by atoms with Crippen molar-refractivity contribution in [3.8, 4) is 5.75 Å². The molecule has 2 rings (SSSR count). The third-order valence-electron chi connectivity index (χ3n) is 3.45. The lowest BCUT2D eigenvalue weighted by Crippen LogP contribution is -2.20. The van der Waals surface area contributed by atoms with Crippen molar-refractivity contribution in [1.82, 2.24) is 0 Å². The summed E-state index contributed by atoms with van der Waals surface area (Å²) in [6.07, 6.45) is -0.740.